The third-order valence-corrected chi connectivity index (χ3v) is 2.96. The lowest BCUT2D eigenvalue weighted by Gasteiger charge is -2.01. The van der Waals surface area contributed by atoms with Crippen LogP contribution in [0.1, 0.15) is 10.5 Å². The molecule has 0 bridgehead atoms. The number of benzene rings is 1. The Labute approximate surface area is 116 Å². The van der Waals surface area contributed by atoms with E-state index in [2.05, 4.69) is 41.4 Å². The zero-order chi connectivity index (χ0) is 13.2. The molecule has 1 aromatic carbocycles. The molecular weight excluding hydrogens is 310 g/mol. The highest BCUT2D eigenvalue weighted by molar-refractivity contribution is 9.10. The number of nitrogens with zero attached hydrogens (tertiary/aromatic N) is 3. The van der Waals surface area contributed by atoms with Crippen LogP contribution in [0.3, 0.4) is 0 Å². The summed E-state index contributed by atoms with van der Waals surface area (Å²) in [5, 5.41) is 10.5. The first-order valence-corrected chi connectivity index (χ1v) is 6.25. The Hall–Kier alpha value is -2.28. The minimum Gasteiger partial charge on any atom is -0.303 e. The van der Waals surface area contributed by atoms with Gasteiger partial charge in [0.25, 0.3) is 5.91 Å². The average Bonchev–Trinajstić information content (AvgIpc) is 2.83. The minimum atomic E-state index is -0.350. The van der Waals surface area contributed by atoms with E-state index in [0.29, 0.717) is 10.4 Å². The van der Waals surface area contributed by atoms with Crippen LogP contribution in [0.25, 0.3) is 10.9 Å². The molecule has 0 radical (unpaired) electrons. The molecule has 19 heavy (non-hydrogen) atoms. The molecule has 0 unspecified atom stereocenters. The third-order valence-electron chi connectivity index (χ3n) is 2.56. The van der Waals surface area contributed by atoms with Crippen LogP contribution in [-0.2, 0) is 0 Å². The normalized spacial score (nSPS) is 10.6. The van der Waals surface area contributed by atoms with Gasteiger partial charge in [0.2, 0.25) is 0 Å². The Kier molecular flexibility index (Phi) is 2.96. The second-order valence-corrected chi connectivity index (χ2v) is 4.61. The van der Waals surface area contributed by atoms with E-state index in [9.17, 15) is 4.79 Å². The van der Waals surface area contributed by atoms with E-state index in [-0.39, 0.29) is 11.6 Å². The first kappa shape index (κ1) is 11.8. The van der Waals surface area contributed by atoms with Crippen LogP contribution in [0.4, 0.5) is 5.82 Å². The largest absolute Gasteiger partial charge is 0.303 e. The van der Waals surface area contributed by atoms with E-state index in [0.717, 1.165) is 10.9 Å². The van der Waals surface area contributed by atoms with Crippen LogP contribution < -0.4 is 5.32 Å². The number of aromatic amines is 1. The molecule has 1 amide bonds. The van der Waals surface area contributed by atoms with Crippen LogP contribution in [0, 0.1) is 0 Å². The summed E-state index contributed by atoms with van der Waals surface area (Å²) in [5.41, 5.74) is 1.09. The van der Waals surface area contributed by atoms with E-state index in [4.69, 9.17) is 0 Å². The quantitative estimate of drug-likeness (QED) is 0.760. The lowest BCUT2D eigenvalue weighted by atomic mass is 10.2. The molecule has 2 N–H and O–H groups in total. The Balaban J connectivity index is 1.89. The van der Waals surface area contributed by atoms with Crippen molar-refractivity contribution in [2.24, 2.45) is 0 Å². The number of halogens is 1. The highest BCUT2D eigenvalue weighted by Gasteiger charge is 2.12. The van der Waals surface area contributed by atoms with Gasteiger partial charge in [-0.3, -0.25) is 9.89 Å². The average molecular weight is 318 g/mol. The maximum absolute atomic E-state index is 12.0. The van der Waals surface area contributed by atoms with E-state index in [1.807, 2.05) is 24.3 Å². The van der Waals surface area contributed by atoms with E-state index >= 15 is 0 Å². The zero-order valence-corrected chi connectivity index (χ0v) is 11.2. The monoisotopic (exact) mass is 317 g/mol. The lowest BCUT2D eigenvalue weighted by Crippen LogP contribution is -2.14. The molecule has 0 fully saturated rings. The van der Waals surface area contributed by atoms with Crippen LogP contribution in [0.2, 0.25) is 0 Å². The Morgan fingerprint density at radius 2 is 2.05 bits per heavy atom. The number of H-pyrrole nitrogens is 1. The molecule has 0 saturated carbocycles. The molecule has 0 atom stereocenters. The van der Waals surface area contributed by atoms with Gasteiger partial charge in [0.15, 0.2) is 5.82 Å². The maximum Gasteiger partial charge on any atom is 0.277 e. The van der Waals surface area contributed by atoms with Crippen molar-refractivity contribution >= 4 is 38.6 Å². The number of rotatable bonds is 2. The van der Waals surface area contributed by atoms with Crippen molar-refractivity contribution in [3.8, 4) is 0 Å². The maximum atomic E-state index is 12.0. The van der Waals surface area contributed by atoms with Crippen LogP contribution in [0.5, 0.6) is 0 Å². The predicted molar refractivity (Wildman–Crippen MR) is 73.8 cm³/mol. The number of fused-ring (bicyclic) bond motifs is 1. The molecular formula is C12H8BrN5O. The first-order valence-electron chi connectivity index (χ1n) is 5.46. The Bertz CT molecular complexity index is 737. The predicted octanol–water partition coefficient (Wildman–Crippen LogP) is 2.37. The molecule has 0 spiro atoms. The topological polar surface area (TPSA) is 83.6 Å². The molecule has 0 aliphatic heterocycles. The molecule has 2 aromatic heterocycles. The number of carbonyl (C=O) groups excluding carboxylic acids is 1. The molecule has 0 saturated heterocycles. The summed E-state index contributed by atoms with van der Waals surface area (Å²) < 4.78 is 0.578. The van der Waals surface area contributed by atoms with Gasteiger partial charge in [-0.05, 0) is 28.1 Å². The van der Waals surface area contributed by atoms with Crippen molar-refractivity contribution in [2.45, 2.75) is 0 Å². The van der Waals surface area contributed by atoms with Crippen LogP contribution in [0.15, 0.2) is 41.3 Å². The van der Waals surface area contributed by atoms with Crippen molar-refractivity contribution < 1.29 is 4.79 Å². The molecule has 3 rings (SSSR count). The van der Waals surface area contributed by atoms with Gasteiger partial charge in [0.05, 0.1) is 17.9 Å². The van der Waals surface area contributed by atoms with Crippen molar-refractivity contribution in [1.82, 2.24) is 20.2 Å². The van der Waals surface area contributed by atoms with Crippen molar-refractivity contribution in [3.63, 3.8) is 0 Å². The van der Waals surface area contributed by atoms with Gasteiger partial charge in [-0.25, -0.2) is 9.97 Å². The van der Waals surface area contributed by atoms with Crippen LogP contribution in [-0.4, -0.2) is 26.1 Å². The number of hydrogen-bond acceptors (Lipinski definition) is 4. The van der Waals surface area contributed by atoms with Gasteiger partial charge in [-0.1, -0.05) is 12.1 Å². The first-order chi connectivity index (χ1) is 9.24. The number of nitrogens with one attached hydrogen (secondary N) is 2. The summed E-state index contributed by atoms with van der Waals surface area (Å²) in [7, 11) is 0. The number of anilines is 1. The summed E-state index contributed by atoms with van der Waals surface area (Å²) in [6.07, 6.45) is 2.87. The van der Waals surface area contributed by atoms with Gasteiger partial charge in [0, 0.05) is 5.39 Å². The third kappa shape index (κ3) is 2.32. The highest BCUT2D eigenvalue weighted by Crippen LogP contribution is 2.19. The standard InChI is InChI=1S/C12H8BrN5O/c13-10-6-14-9(5-15-10)12(19)16-11-7-3-1-2-4-8(7)17-18-11/h1-6H,(H2,16,17,18,19). The molecule has 94 valence electrons. The summed E-state index contributed by atoms with van der Waals surface area (Å²) in [5.74, 6) is 0.127. The molecule has 2 heterocycles. The van der Waals surface area contributed by atoms with E-state index in [1.165, 1.54) is 12.4 Å². The highest BCUT2D eigenvalue weighted by atomic mass is 79.9. The van der Waals surface area contributed by atoms with Crippen LogP contribution >= 0.6 is 15.9 Å². The molecule has 3 aromatic rings. The minimum absolute atomic E-state index is 0.232. The summed E-state index contributed by atoms with van der Waals surface area (Å²) >= 11 is 3.17. The molecule has 0 aliphatic rings. The molecule has 0 aliphatic carbocycles. The van der Waals surface area contributed by atoms with Crippen molar-refractivity contribution in [3.05, 3.63) is 47.0 Å². The molecule has 7 heteroatoms. The Morgan fingerprint density at radius 3 is 2.84 bits per heavy atom. The Morgan fingerprint density at radius 1 is 1.21 bits per heavy atom. The second kappa shape index (κ2) is 4.77. The van der Waals surface area contributed by atoms with E-state index in [1.54, 1.807) is 0 Å². The lowest BCUT2D eigenvalue weighted by molar-refractivity contribution is 0.102. The van der Waals surface area contributed by atoms with Crippen molar-refractivity contribution in [1.29, 1.82) is 0 Å². The fourth-order valence-electron chi connectivity index (χ4n) is 1.66. The van der Waals surface area contributed by atoms with Gasteiger partial charge in [-0.15, -0.1) is 0 Å². The number of hydrogen-bond donors (Lipinski definition) is 2. The summed E-state index contributed by atoms with van der Waals surface area (Å²) in [6.45, 7) is 0. The smallest absolute Gasteiger partial charge is 0.277 e. The SMILES string of the molecule is O=C(Nc1n[nH]c2ccccc12)c1cnc(Br)cn1. The molecule has 6 nitrogen and oxygen atoms in total. The fraction of sp³-hybridized carbons (Fsp3) is 0. The van der Waals surface area contributed by atoms with Gasteiger partial charge in [-0.2, -0.15) is 5.10 Å². The van der Waals surface area contributed by atoms with Gasteiger partial charge in [0.1, 0.15) is 10.3 Å². The number of aromatic nitrogens is 4. The van der Waals surface area contributed by atoms with Gasteiger partial charge < -0.3 is 5.32 Å². The summed E-state index contributed by atoms with van der Waals surface area (Å²) in [6, 6.07) is 7.54. The number of carbonyl (C=O) groups is 1. The summed E-state index contributed by atoms with van der Waals surface area (Å²) in [4.78, 5) is 19.9. The van der Waals surface area contributed by atoms with E-state index < -0.39 is 0 Å². The number of para-hydroxylation sites is 1. The second-order valence-electron chi connectivity index (χ2n) is 3.80. The fourth-order valence-corrected chi connectivity index (χ4v) is 1.86. The van der Waals surface area contributed by atoms with Gasteiger partial charge >= 0.3 is 0 Å². The number of amides is 1. The zero-order valence-electron chi connectivity index (χ0n) is 9.59. The van der Waals surface area contributed by atoms with Crippen molar-refractivity contribution in [2.75, 3.05) is 5.32 Å².